The summed E-state index contributed by atoms with van der Waals surface area (Å²) in [4.78, 5) is 13.2. The van der Waals surface area contributed by atoms with Crippen molar-refractivity contribution in [2.45, 2.75) is 25.4 Å². The molecule has 1 rings (SSSR count). The van der Waals surface area contributed by atoms with Crippen LogP contribution in [0.25, 0.3) is 0 Å². The van der Waals surface area contributed by atoms with Crippen molar-refractivity contribution in [3.63, 3.8) is 0 Å². The largest absolute Gasteiger partial charge is 0.344 e. The molecule has 1 aliphatic heterocycles. The zero-order valence-electron chi connectivity index (χ0n) is 9.36. The second kappa shape index (κ2) is 4.49. The van der Waals surface area contributed by atoms with Crippen LogP contribution in [0.2, 0.25) is 0 Å². The highest BCUT2D eigenvalue weighted by Gasteiger charge is 2.30. The summed E-state index contributed by atoms with van der Waals surface area (Å²) in [7, 11) is -1.23. The Hall–Kier alpha value is -0.620. The van der Waals surface area contributed by atoms with Crippen LogP contribution in [0, 0.1) is 0 Å². The predicted molar refractivity (Wildman–Crippen MR) is 58.4 cm³/mol. The van der Waals surface area contributed by atoms with Crippen LogP contribution < -0.4 is 5.32 Å². The molecule has 15 heavy (non-hydrogen) atoms. The van der Waals surface area contributed by atoms with E-state index >= 15 is 0 Å². The summed E-state index contributed by atoms with van der Waals surface area (Å²) in [5.74, 6) is 0.121. The summed E-state index contributed by atoms with van der Waals surface area (Å²) in [6.45, 7) is 2.52. The molecule has 0 radical (unpaired) electrons. The van der Waals surface area contributed by atoms with Gasteiger partial charge in [0.05, 0.1) is 11.8 Å². The first-order chi connectivity index (χ1) is 6.79. The van der Waals surface area contributed by atoms with Crippen molar-refractivity contribution < 1.29 is 13.2 Å². The van der Waals surface area contributed by atoms with E-state index in [0.717, 1.165) is 13.0 Å². The number of amides is 1. The Labute approximate surface area is 90.7 Å². The topological polar surface area (TPSA) is 66.5 Å². The molecule has 88 valence electrons. The molecule has 0 saturated carbocycles. The summed E-state index contributed by atoms with van der Waals surface area (Å²) < 4.78 is 22.1. The van der Waals surface area contributed by atoms with Crippen molar-refractivity contribution in [2.75, 3.05) is 25.6 Å². The molecular weight excluding hydrogens is 216 g/mol. The van der Waals surface area contributed by atoms with Crippen LogP contribution in [0.15, 0.2) is 0 Å². The number of hydrogen-bond donors (Lipinski definition) is 1. The number of hydrogen-bond acceptors (Lipinski definition) is 4. The van der Waals surface area contributed by atoms with Crippen molar-refractivity contribution in [2.24, 2.45) is 0 Å². The van der Waals surface area contributed by atoms with Gasteiger partial charge in [-0.05, 0) is 13.3 Å². The molecule has 1 amide bonds. The van der Waals surface area contributed by atoms with E-state index in [-0.39, 0.29) is 23.7 Å². The van der Waals surface area contributed by atoms with Crippen molar-refractivity contribution in [1.82, 2.24) is 10.2 Å². The molecular formula is C9H18N2O3S. The van der Waals surface area contributed by atoms with Gasteiger partial charge in [-0.1, -0.05) is 0 Å². The van der Waals surface area contributed by atoms with Crippen LogP contribution in [0.3, 0.4) is 0 Å². The molecule has 0 aromatic rings. The van der Waals surface area contributed by atoms with Gasteiger partial charge in [0.1, 0.15) is 9.84 Å². The predicted octanol–water partition coefficient (Wildman–Crippen LogP) is -0.760. The fraction of sp³-hybridized carbons (Fsp3) is 0.889. The fourth-order valence-electron chi connectivity index (χ4n) is 1.82. The first-order valence-electron chi connectivity index (χ1n) is 4.98. The number of carbonyl (C=O) groups excluding carboxylic acids is 1. The third kappa shape index (κ3) is 3.79. The van der Waals surface area contributed by atoms with E-state index in [0.29, 0.717) is 0 Å². The monoisotopic (exact) mass is 234 g/mol. The Morgan fingerprint density at radius 1 is 1.60 bits per heavy atom. The Kier molecular flexibility index (Phi) is 3.72. The van der Waals surface area contributed by atoms with E-state index in [1.165, 1.54) is 6.26 Å². The highest BCUT2D eigenvalue weighted by Crippen LogP contribution is 2.09. The molecule has 1 N–H and O–H groups in total. The molecule has 0 bridgehead atoms. The summed E-state index contributed by atoms with van der Waals surface area (Å²) in [5, 5.41) is 3.05. The maximum absolute atomic E-state index is 11.5. The van der Waals surface area contributed by atoms with E-state index in [4.69, 9.17) is 0 Å². The molecule has 0 spiro atoms. The number of sulfone groups is 1. The number of nitrogens with one attached hydrogen (secondary N) is 1. The summed E-state index contributed by atoms with van der Waals surface area (Å²) in [5.41, 5.74) is 0. The van der Waals surface area contributed by atoms with E-state index in [2.05, 4.69) is 5.32 Å². The summed E-state index contributed by atoms with van der Waals surface area (Å²) in [6.07, 6.45) is 1.96. The van der Waals surface area contributed by atoms with E-state index in [9.17, 15) is 13.2 Å². The average Bonchev–Trinajstić information content (AvgIpc) is 2.32. The zero-order chi connectivity index (χ0) is 11.6. The first kappa shape index (κ1) is 12.4. The second-order valence-electron chi connectivity index (χ2n) is 4.26. The van der Waals surface area contributed by atoms with Gasteiger partial charge in [-0.3, -0.25) is 4.79 Å². The fourth-order valence-corrected chi connectivity index (χ4v) is 2.83. The highest BCUT2D eigenvalue weighted by molar-refractivity contribution is 7.90. The van der Waals surface area contributed by atoms with E-state index in [1.807, 2.05) is 0 Å². The van der Waals surface area contributed by atoms with Gasteiger partial charge in [0.25, 0.3) is 0 Å². The molecule has 1 saturated heterocycles. The number of likely N-dealkylation sites (N-methyl/N-ethyl adjacent to an activating group) is 1. The molecule has 0 aromatic heterocycles. The van der Waals surface area contributed by atoms with Gasteiger partial charge in [-0.25, -0.2) is 8.42 Å². The van der Waals surface area contributed by atoms with E-state index in [1.54, 1.807) is 18.9 Å². The molecule has 2 unspecified atom stereocenters. The van der Waals surface area contributed by atoms with Crippen LogP contribution in [0.5, 0.6) is 0 Å². The van der Waals surface area contributed by atoms with Crippen LogP contribution in [-0.2, 0) is 14.6 Å². The minimum atomic E-state index is -2.98. The molecule has 5 nitrogen and oxygen atoms in total. The normalized spacial score (nSPS) is 24.6. The number of rotatable bonds is 4. The highest BCUT2D eigenvalue weighted by atomic mass is 32.2. The molecule has 1 fully saturated rings. The van der Waals surface area contributed by atoms with Gasteiger partial charge >= 0.3 is 0 Å². The minimum Gasteiger partial charge on any atom is -0.344 e. The van der Waals surface area contributed by atoms with Gasteiger partial charge in [0.2, 0.25) is 5.91 Å². The third-order valence-electron chi connectivity index (χ3n) is 2.47. The Morgan fingerprint density at radius 3 is 2.60 bits per heavy atom. The Morgan fingerprint density at radius 2 is 2.20 bits per heavy atom. The number of nitrogens with zero attached hydrogens (tertiary/aromatic N) is 1. The van der Waals surface area contributed by atoms with Gasteiger partial charge in [-0.15, -0.1) is 0 Å². The van der Waals surface area contributed by atoms with Gasteiger partial charge < -0.3 is 10.2 Å². The van der Waals surface area contributed by atoms with Crippen molar-refractivity contribution in [3.8, 4) is 0 Å². The summed E-state index contributed by atoms with van der Waals surface area (Å²) >= 11 is 0. The molecule has 1 aliphatic rings. The van der Waals surface area contributed by atoms with Gasteiger partial charge in [0.15, 0.2) is 0 Å². The molecule has 0 aromatic carbocycles. The van der Waals surface area contributed by atoms with Crippen LogP contribution >= 0.6 is 0 Å². The summed E-state index contributed by atoms with van der Waals surface area (Å²) in [6, 6.07) is -0.396. The smallest absolute Gasteiger partial charge is 0.239 e. The second-order valence-corrected chi connectivity index (χ2v) is 6.45. The van der Waals surface area contributed by atoms with Crippen molar-refractivity contribution >= 4 is 15.7 Å². The maximum atomic E-state index is 11.5. The van der Waals surface area contributed by atoms with Crippen LogP contribution in [0.1, 0.15) is 13.3 Å². The molecule has 2 atom stereocenters. The average molecular weight is 234 g/mol. The Balaban J connectivity index is 2.46. The quantitative estimate of drug-likeness (QED) is 0.694. The maximum Gasteiger partial charge on any atom is 0.239 e. The lowest BCUT2D eigenvalue weighted by molar-refractivity contribution is -0.128. The van der Waals surface area contributed by atoms with Crippen molar-refractivity contribution in [3.05, 3.63) is 0 Å². The number of likely N-dealkylation sites (tertiary alicyclic amines) is 1. The van der Waals surface area contributed by atoms with Crippen LogP contribution in [0.4, 0.5) is 0 Å². The number of carbonyl (C=O) groups is 1. The van der Waals surface area contributed by atoms with Gasteiger partial charge in [-0.2, -0.15) is 0 Å². The minimum absolute atomic E-state index is 0.0513. The van der Waals surface area contributed by atoms with Crippen molar-refractivity contribution in [1.29, 1.82) is 0 Å². The first-order valence-corrected chi connectivity index (χ1v) is 7.04. The van der Waals surface area contributed by atoms with Gasteiger partial charge in [0, 0.05) is 25.9 Å². The molecule has 6 heteroatoms. The zero-order valence-corrected chi connectivity index (χ0v) is 10.2. The lowest BCUT2D eigenvalue weighted by Crippen LogP contribution is -2.44. The molecule has 1 heterocycles. The van der Waals surface area contributed by atoms with Crippen LogP contribution in [-0.4, -0.2) is 56.9 Å². The third-order valence-corrected chi connectivity index (χ3v) is 3.57. The lowest BCUT2D eigenvalue weighted by atomic mass is 10.2. The molecule has 0 aliphatic carbocycles. The standard InChI is InChI=1S/C9H18N2O3S/c1-7(6-15(3,13)14)10-8-4-5-11(2)9(8)12/h7-8,10H,4-6H2,1-3H3. The Bertz CT molecular complexity index is 339. The lowest BCUT2D eigenvalue weighted by Gasteiger charge is -2.17. The van der Waals surface area contributed by atoms with E-state index < -0.39 is 9.84 Å². The SMILES string of the molecule is CC(CS(C)(=O)=O)NC1CCN(C)C1=O.